The predicted octanol–water partition coefficient (Wildman–Crippen LogP) is 2.84. The molecule has 21 heavy (non-hydrogen) atoms. The van der Waals surface area contributed by atoms with E-state index in [1.54, 1.807) is 0 Å². The van der Waals surface area contributed by atoms with Crippen LogP contribution in [0.4, 0.5) is 14.5 Å². The van der Waals surface area contributed by atoms with Gasteiger partial charge in [-0.1, -0.05) is 0 Å². The summed E-state index contributed by atoms with van der Waals surface area (Å²) in [4.78, 5) is 0. The van der Waals surface area contributed by atoms with Gasteiger partial charge in [0, 0.05) is 6.07 Å². The maximum absolute atomic E-state index is 13.6. The van der Waals surface area contributed by atoms with Crippen LogP contribution in [0.25, 0.3) is 0 Å². The quantitative estimate of drug-likeness (QED) is 0.782. The molecule has 1 aromatic heterocycles. The van der Waals surface area contributed by atoms with Crippen LogP contribution in [0.3, 0.4) is 0 Å². The van der Waals surface area contributed by atoms with Gasteiger partial charge < -0.3 is 9.73 Å². The Bertz CT molecular complexity index is 762. The molecule has 0 spiro atoms. The summed E-state index contributed by atoms with van der Waals surface area (Å²) in [5.74, 6) is -0.985. The highest BCUT2D eigenvalue weighted by molar-refractivity contribution is 9.10. The summed E-state index contributed by atoms with van der Waals surface area (Å²) in [5.41, 5.74) is -0.0508. The molecule has 2 rings (SSSR count). The molecule has 0 saturated carbocycles. The second-order valence-corrected chi connectivity index (χ2v) is 6.70. The van der Waals surface area contributed by atoms with Crippen molar-refractivity contribution in [3.8, 4) is 0 Å². The molecule has 0 radical (unpaired) electrons. The molecule has 0 atom stereocenters. The molecule has 0 aliphatic carbocycles. The average Bonchev–Trinajstić information content (AvgIpc) is 2.91. The van der Waals surface area contributed by atoms with Gasteiger partial charge in [0.15, 0.2) is 0 Å². The molecule has 2 N–H and O–H groups in total. The Hall–Kier alpha value is -1.45. The van der Waals surface area contributed by atoms with Gasteiger partial charge in [-0.3, -0.25) is 0 Å². The van der Waals surface area contributed by atoms with E-state index in [9.17, 15) is 17.2 Å². The summed E-state index contributed by atoms with van der Waals surface area (Å²) >= 11 is 2.87. The predicted molar refractivity (Wildman–Crippen MR) is 76.3 cm³/mol. The van der Waals surface area contributed by atoms with Gasteiger partial charge >= 0.3 is 0 Å². The van der Waals surface area contributed by atoms with E-state index in [1.165, 1.54) is 19.2 Å². The topological polar surface area (TPSA) is 71.3 Å². The number of hydrogen-bond acceptors (Lipinski definition) is 4. The first-order valence-corrected chi connectivity index (χ1v) is 8.02. The molecular formula is C12H11BrF2N2O3S. The van der Waals surface area contributed by atoms with Gasteiger partial charge in [-0.15, -0.1) is 0 Å². The van der Waals surface area contributed by atoms with E-state index in [4.69, 9.17) is 4.42 Å². The van der Waals surface area contributed by atoms with Crippen molar-refractivity contribution < 1.29 is 21.6 Å². The number of hydrogen-bond donors (Lipinski definition) is 2. The lowest BCUT2D eigenvalue weighted by molar-refractivity contribution is 0.417. The van der Waals surface area contributed by atoms with Crippen molar-refractivity contribution in [1.29, 1.82) is 0 Å². The number of anilines is 1. The summed E-state index contributed by atoms with van der Waals surface area (Å²) < 4.78 is 57.1. The van der Waals surface area contributed by atoms with Gasteiger partial charge in [0.05, 0.1) is 16.7 Å². The van der Waals surface area contributed by atoms with E-state index in [0.717, 1.165) is 12.1 Å². The molecule has 0 amide bonds. The highest BCUT2D eigenvalue weighted by Gasteiger charge is 2.16. The smallest absolute Gasteiger partial charge is 0.273 e. The summed E-state index contributed by atoms with van der Waals surface area (Å²) in [5, 5.41) is 2.39. The van der Waals surface area contributed by atoms with E-state index >= 15 is 0 Å². The molecule has 0 aliphatic heterocycles. The molecule has 9 heteroatoms. The summed E-state index contributed by atoms with van der Waals surface area (Å²) in [6.07, 6.45) is 0. The standard InChI is InChI=1S/C12H11BrF2N2O3S/c1-16-21(18,19)12-3-2-7(20-12)6-17-11-5-9(14)8(13)4-10(11)15/h2-5,16-17H,6H2,1H3. The Kier molecular flexibility index (Phi) is 4.64. The molecule has 0 bridgehead atoms. The molecule has 1 aromatic carbocycles. The number of halogens is 3. The van der Waals surface area contributed by atoms with Gasteiger partial charge in [0.2, 0.25) is 5.09 Å². The zero-order valence-corrected chi connectivity index (χ0v) is 13.2. The Labute approximate surface area is 128 Å². The zero-order chi connectivity index (χ0) is 15.6. The van der Waals surface area contributed by atoms with E-state index < -0.39 is 21.7 Å². The normalized spacial score (nSPS) is 11.6. The molecule has 0 unspecified atom stereocenters. The Morgan fingerprint density at radius 2 is 1.95 bits per heavy atom. The van der Waals surface area contributed by atoms with Gasteiger partial charge in [0.25, 0.3) is 10.0 Å². The van der Waals surface area contributed by atoms with Crippen LogP contribution in [0, 0.1) is 11.6 Å². The van der Waals surface area contributed by atoms with Gasteiger partial charge in [-0.25, -0.2) is 21.9 Å². The summed E-state index contributed by atoms with van der Waals surface area (Å²) in [7, 11) is -2.41. The SMILES string of the molecule is CNS(=O)(=O)c1ccc(CNc2cc(F)c(Br)cc2F)o1. The number of furan rings is 1. The van der Waals surface area contributed by atoms with E-state index in [-0.39, 0.29) is 27.6 Å². The Morgan fingerprint density at radius 1 is 1.24 bits per heavy atom. The molecular weight excluding hydrogens is 370 g/mol. The number of sulfonamides is 1. The van der Waals surface area contributed by atoms with Crippen LogP contribution in [0.1, 0.15) is 5.76 Å². The molecule has 114 valence electrons. The highest BCUT2D eigenvalue weighted by atomic mass is 79.9. The maximum atomic E-state index is 13.6. The molecule has 0 aliphatic rings. The minimum atomic E-state index is -3.67. The van der Waals surface area contributed by atoms with Gasteiger partial charge in [-0.2, -0.15) is 0 Å². The lowest BCUT2D eigenvalue weighted by Gasteiger charge is -2.07. The van der Waals surface area contributed by atoms with Crippen LogP contribution in [-0.4, -0.2) is 15.5 Å². The first-order chi connectivity index (χ1) is 9.83. The van der Waals surface area contributed by atoms with Crippen molar-refractivity contribution in [3.05, 3.63) is 46.1 Å². The molecule has 1 heterocycles. The zero-order valence-electron chi connectivity index (χ0n) is 10.8. The third-order valence-corrected chi connectivity index (χ3v) is 4.53. The van der Waals surface area contributed by atoms with Crippen molar-refractivity contribution in [2.75, 3.05) is 12.4 Å². The second-order valence-electron chi connectivity index (χ2n) is 4.03. The Balaban J connectivity index is 2.13. The minimum Gasteiger partial charge on any atom is -0.446 e. The van der Waals surface area contributed by atoms with Crippen LogP contribution >= 0.6 is 15.9 Å². The average molecular weight is 381 g/mol. The van der Waals surface area contributed by atoms with E-state index in [2.05, 4.69) is 26.0 Å². The Morgan fingerprint density at radius 3 is 2.62 bits per heavy atom. The van der Waals surface area contributed by atoms with Crippen LogP contribution in [0.5, 0.6) is 0 Å². The fourth-order valence-electron chi connectivity index (χ4n) is 1.54. The number of benzene rings is 1. The minimum absolute atomic E-state index is 0.0111. The first kappa shape index (κ1) is 15.9. The van der Waals surface area contributed by atoms with E-state index in [0.29, 0.717) is 0 Å². The van der Waals surface area contributed by atoms with Crippen LogP contribution in [0.15, 0.2) is 38.2 Å². The number of nitrogens with one attached hydrogen (secondary N) is 2. The fraction of sp³-hybridized carbons (Fsp3) is 0.167. The molecule has 0 fully saturated rings. The second kappa shape index (κ2) is 6.12. The van der Waals surface area contributed by atoms with Crippen molar-refractivity contribution in [3.63, 3.8) is 0 Å². The van der Waals surface area contributed by atoms with Crippen molar-refractivity contribution in [2.24, 2.45) is 0 Å². The largest absolute Gasteiger partial charge is 0.446 e. The molecule has 0 saturated heterocycles. The highest BCUT2D eigenvalue weighted by Crippen LogP contribution is 2.24. The summed E-state index contributed by atoms with van der Waals surface area (Å²) in [6, 6.07) is 4.70. The van der Waals surface area contributed by atoms with Gasteiger partial charge in [0.1, 0.15) is 17.4 Å². The molecule has 2 aromatic rings. The van der Waals surface area contributed by atoms with Gasteiger partial charge in [-0.05, 0) is 41.2 Å². The monoisotopic (exact) mass is 380 g/mol. The summed E-state index contributed by atoms with van der Waals surface area (Å²) in [6.45, 7) is 0.0111. The molecule has 5 nitrogen and oxygen atoms in total. The van der Waals surface area contributed by atoms with Crippen LogP contribution < -0.4 is 10.0 Å². The third-order valence-electron chi connectivity index (χ3n) is 2.63. The van der Waals surface area contributed by atoms with Crippen LogP contribution in [0.2, 0.25) is 0 Å². The fourth-order valence-corrected chi connectivity index (χ4v) is 2.52. The third kappa shape index (κ3) is 3.60. The van der Waals surface area contributed by atoms with Crippen molar-refractivity contribution >= 4 is 31.6 Å². The maximum Gasteiger partial charge on any atom is 0.273 e. The van der Waals surface area contributed by atoms with E-state index in [1.807, 2.05) is 0 Å². The van der Waals surface area contributed by atoms with Crippen LogP contribution in [-0.2, 0) is 16.6 Å². The lowest BCUT2D eigenvalue weighted by atomic mass is 10.3. The lowest BCUT2D eigenvalue weighted by Crippen LogP contribution is -2.17. The van der Waals surface area contributed by atoms with Crippen molar-refractivity contribution in [2.45, 2.75) is 11.6 Å². The van der Waals surface area contributed by atoms with Crippen molar-refractivity contribution in [1.82, 2.24) is 4.72 Å². The number of rotatable bonds is 5. The first-order valence-electron chi connectivity index (χ1n) is 5.74.